The van der Waals surface area contributed by atoms with Crippen molar-refractivity contribution in [2.75, 3.05) is 4.90 Å². The molecule has 0 aliphatic rings. The number of nitrogens with zero attached hydrogens (tertiary/aromatic N) is 1. The number of thiophene rings is 1. The summed E-state index contributed by atoms with van der Waals surface area (Å²) in [4.78, 5) is 2.34. The van der Waals surface area contributed by atoms with Gasteiger partial charge in [0, 0.05) is 54.1 Å². The van der Waals surface area contributed by atoms with Crippen LogP contribution in [0.5, 0.6) is 0 Å². The van der Waals surface area contributed by atoms with Crippen molar-refractivity contribution in [1.82, 2.24) is 0 Å². The molecule has 0 fully saturated rings. The largest absolute Gasteiger partial charge is 0.456 e. The van der Waals surface area contributed by atoms with Crippen molar-refractivity contribution in [2.45, 2.75) is 0 Å². The van der Waals surface area contributed by atoms with Gasteiger partial charge in [-0.15, -0.1) is 11.3 Å². The van der Waals surface area contributed by atoms with Gasteiger partial charge in [-0.05, 0) is 87.6 Å². The quantitative estimate of drug-likeness (QED) is 0.186. The minimum Gasteiger partial charge on any atom is -0.456 e. The normalized spacial score (nSPS) is 11.7. The molecule has 3 heteroatoms. The molecule has 2 aromatic heterocycles. The second-order valence-electron chi connectivity index (χ2n) is 12.5. The van der Waals surface area contributed by atoms with Crippen molar-refractivity contribution < 1.29 is 4.42 Å². The van der Waals surface area contributed by atoms with Gasteiger partial charge in [0.15, 0.2) is 0 Å². The second-order valence-corrected chi connectivity index (χ2v) is 13.6. The number of hydrogen-bond acceptors (Lipinski definition) is 3. The Hall–Kier alpha value is -6.16. The molecule has 0 saturated heterocycles. The van der Waals surface area contributed by atoms with Gasteiger partial charge in [0.05, 0.1) is 0 Å². The molecule has 0 aliphatic carbocycles. The summed E-state index contributed by atoms with van der Waals surface area (Å²) in [5.74, 6) is 0. The van der Waals surface area contributed by atoms with Gasteiger partial charge in [0.2, 0.25) is 0 Å². The van der Waals surface area contributed by atoms with Crippen LogP contribution in [0.15, 0.2) is 180 Å². The monoisotopic (exact) mass is 643 g/mol. The highest BCUT2D eigenvalue weighted by atomic mass is 32.1. The molecule has 0 aliphatic heterocycles. The summed E-state index contributed by atoms with van der Waals surface area (Å²) in [5, 5.41) is 7.38. The van der Waals surface area contributed by atoms with Gasteiger partial charge in [-0.25, -0.2) is 0 Å². The molecule has 0 atom stereocenters. The minimum atomic E-state index is 0.883. The molecule has 0 saturated carbocycles. The average molecular weight is 644 g/mol. The SMILES string of the molecule is c1cc(-c2ccc(N(c3ccc4c(c3)oc3ccccc34)c3ccc4c(c3)sc3ccccc34)cc2)cc(-c2cccc3ccccc23)c1. The molecule has 0 amide bonds. The molecule has 2 nitrogen and oxygen atoms in total. The summed E-state index contributed by atoms with van der Waals surface area (Å²) in [5.41, 5.74) is 9.88. The zero-order valence-corrected chi connectivity index (χ0v) is 27.3. The number of benzene rings is 8. The molecular weight excluding hydrogens is 615 g/mol. The number of furan rings is 1. The molecule has 0 unspecified atom stereocenters. The van der Waals surface area contributed by atoms with Crippen molar-refractivity contribution in [3.05, 3.63) is 176 Å². The van der Waals surface area contributed by atoms with Gasteiger partial charge in [-0.1, -0.05) is 115 Å². The van der Waals surface area contributed by atoms with Crippen LogP contribution in [0, 0.1) is 0 Å². The maximum absolute atomic E-state index is 6.35. The van der Waals surface area contributed by atoms with Crippen molar-refractivity contribution in [2.24, 2.45) is 0 Å². The molecule has 8 aromatic carbocycles. The van der Waals surface area contributed by atoms with Crippen LogP contribution in [0.2, 0.25) is 0 Å². The number of para-hydroxylation sites is 1. The third-order valence-corrected chi connectivity index (χ3v) is 10.8. The van der Waals surface area contributed by atoms with Crippen molar-refractivity contribution in [3.63, 3.8) is 0 Å². The third-order valence-electron chi connectivity index (χ3n) is 9.66. The van der Waals surface area contributed by atoms with Gasteiger partial charge in [-0.3, -0.25) is 0 Å². The second kappa shape index (κ2) is 11.2. The first-order valence-corrected chi connectivity index (χ1v) is 17.4. The van der Waals surface area contributed by atoms with Gasteiger partial charge < -0.3 is 9.32 Å². The van der Waals surface area contributed by atoms with E-state index in [-0.39, 0.29) is 0 Å². The molecule has 0 N–H and O–H groups in total. The van der Waals surface area contributed by atoms with E-state index in [1.165, 1.54) is 53.2 Å². The Kier molecular flexibility index (Phi) is 6.39. The summed E-state index contributed by atoms with van der Waals surface area (Å²) in [6.07, 6.45) is 0. The standard InChI is InChI=1S/C46H29NOS/c1-2-13-37-31(9-1)10-8-16-38(37)33-12-7-11-32(27-33)30-19-21-34(22-20-30)47(35-23-25-40-39-14-3-5-17-43(39)48-44(40)28-35)36-24-26-42-41-15-4-6-18-45(41)49-46(42)29-36/h1-29H. The summed E-state index contributed by atoms with van der Waals surface area (Å²) in [6, 6.07) is 63.3. The fraction of sp³-hybridized carbons (Fsp3) is 0. The van der Waals surface area contributed by atoms with E-state index >= 15 is 0 Å². The Morgan fingerprint density at radius 3 is 1.90 bits per heavy atom. The first-order chi connectivity index (χ1) is 24.3. The van der Waals surface area contributed by atoms with Crippen LogP contribution < -0.4 is 4.90 Å². The lowest BCUT2D eigenvalue weighted by Gasteiger charge is -2.26. The van der Waals surface area contributed by atoms with Crippen molar-refractivity contribution in [1.29, 1.82) is 0 Å². The van der Waals surface area contributed by atoms with Crippen molar-refractivity contribution in [3.8, 4) is 22.3 Å². The van der Waals surface area contributed by atoms with Crippen LogP contribution in [-0.2, 0) is 0 Å². The van der Waals surface area contributed by atoms with E-state index in [0.29, 0.717) is 0 Å². The molecule has 10 aromatic rings. The van der Waals surface area contributed by atoms with Crippen LogP contribution in [0.4, 0.5) is 17.1 Å². The summed E-state index contributed by atoms with van der Waals surface area (Å²) < 4.78 is 8.93. The molecular formula is C46H29NOS. The maximum Gasteiger partial charge on any atom is 0.137 e. The molecule has 49 heavy (non-hydrogen) atoms. The summed E-state index contributed by atoms with van der Waals surface area (Å²) in [7, 11) is 0. The zero-order chi connectivity index (χ0) is 32.3. The van der Waals surface area contributed by atoms with Gasteiger partial charge >= 0.3 is 0 Å². The van der Waals surface area contributed by atoms with E-state index < -0.39 is 0 Å². The Bertz CT molecular complexity index is 2720. The Balaban J connectivity index is 1.09. The fourth-order valence-corrected chi connectivity index (χ4v) is 8.44. The van der Waals surface area contributed by atoms with E-state index in [9.17, 15) is 0 Å². The fourth-order valence-electron chi connectivity index (χ4n) is 7.30. The number of rotatable bonds is 5. The van der Waals surface area contributed by atoms with E-state index in [4.69, 9.17) is 4.42 Å². The van der Waals surface area contributed by atoms with E-state index in [1.54, 1.807) is 0 Å². The van der Waals surface area contributed by atoms with Gasteiger partial charge in [0.1, 0.15) is 11.2 Å². The molecule has 230 valence electrons. The smallest absolute Gasteiger partial charge is 0.137 e. The zero-order valence-electron chi connectivity index (χ0n) is 26.5. The third kappa shape index (κ3) is 4.70. The molecule has 0 spiro atoms. The van der Waals surface area contributed by atoms with E-state index in [2.05, 4.69) is 169 Å². The Morgan fingerprint density at radius 2 is 1.00 bits per heavy atom. The summed E-state index contributed by atoms with van der Waals surface area (Å²) >= 11 is 1.84. The van der Waals surface area contributed by atoms with E-state index in [0.717, 1.165) is 39.0 Å². The lowest BCUT2D eigenvalue weighted by molar-refractivity contribution is 0.669. The van der Waals surface area contributed by atoms with Crippen LogP contribution in [0.1, 0.15) is 0 Å². The minimum absolute atomic E-state index is 0.883. The van der Waals surface area contributed by atoms with Crippen LogP contribution >= 0.6 is 11.3 Å². The average Bonchev–Trinajstić information content (AvgIpc) is 3.73. The highest BCUT2D eigenvalue weighted by Gasteiger charge is 2.17. The van der Waals surface area contributed by atoms with Crippen LogP contribution in [0.25, 0.3) is 75.1 Å². The highest BCUT2D eigenvalue weighted by Crippen LogP contribution is 2.42. The first-order valence-electron chi connectivity index (χ1n) is 16.6. The van der Waals surface area contributed by atoms with Gasteiger partial charge in [0.25, 0.3) is 0 Å². The highest BCUT2D eigenvalue weighted by molar-refractivity contribution is 7.25. The summed E-state index contributed by atoms with van der Waals surface area (Å²) in [6.45, 7) is 0. The predicted octanol–water partition coefficient (Wildman–Crippen LogP) is 13.9. The van der Waals surface area contributed by atoms with Crippen molar-refractivity contribution >= 4 is 81.3 Å². The Labute approximate surface area is 287 Å². The van der Waals surface area contributed by atoms with E-state index in [1.807, 2.05) is 23.5 Å². The molecule has 10 rings (SSSR count). The number of hydrogen-bond donors (Lipinski definition) is 0. The molecule has 0 radical (unpaired) electrons. The number of anilines is 3. The van der Waals surface area contributed by atoms with Gasteiger partial charge in [-0.2, -0.15) is 0 Å². The topological polar surface area (TPSA) is 16.4 Å². The van der Waals surface area contributed by atoms with Crippen LogP contribution in [-0.4, -0.2) is 0 Å². The first kappa shape index (κ1) is 27.9. The maximum atomic E-state index is 6.35. The lowest BCUT2D eigenvalue weighted by Crippen LogP contribution is -2.09. The van der Waals surface area contributed by atoms with Crippen LogP contribution in [0.3, 0.4) is 0 Å². The molecule has 2 heterocycles. The molecule has 0 bridgehead atoms. The lowest BCUT2D eigenvalue weighted by atomic mass is 9.95. The predicted molar refractivity (Wildman–Crippen MR) is 210 cm³/mol. The number of fused-ring (bicyclic) bond motifs is 7. The Morgan fingerprint density at radius 1 is 0.367 bits per heavy atom.